The van der Waals surface area contributed by atoms with E-state index in [0.717, 1.165) is 54.3 Å². The number of fused-ring (bicyclic) bond motifs is 3. The minimum atomic E-state index is -0.319. The number of aromatic nitrogens is 2. The molecular weight excluding hydrogens is 370 g/mol. The lowest BCUT2D eigenvalue weighted by molar-refractivity contribution is -0.121. The molecule has 2 aromatic rings. The molecule has 0 spiro atoms. The van der Waals surface area contributed by atoms with Crippen LogP contribution in [-0.4, -0.2) is 46.5 Å². The number of aryl methyl sites for hydroxylation is 2. The number of piperidine rings is 1. The van der Waals surface area contributed by atoms with Gasteiger partial charge in [0.05, 0.1) is 11.9 Å². The molecule has 28 heavy (non-hydrogen) atoms. The quantitative estimate of drug-likeness (QED) is 0.775. The summed E-state index contributed by atoms with van der Waals surface area (Å²) >= 11 is 1.83. The number of hydrogen-bond acceptors (Lipinski definition) is 6. The fourth-order valence-electron chi connectivity index (χ4n) is 4.29. The van der Waals surface area contributed by atoms with Crippen molar-refractivity contribution in [3.63, 3.8) is 0 Å². The molecule has 2 aromatic heterocycles. The van der Waals surface area contributed by atoms with E-state index in [1.165, 1.54) is 42.5 Å². The molecule has 1 aliphatic carbocycles. The maximum Gasteiger partial charge on any atom is 0.242 e. The van der Waals surface area contributed by atoms with Gasteiger partial charge in [-0.15, -0.1) is 11.3 Å². The Hall–Kier alpha value is -1.73. The van der Waals surface area contributed by atoms with Crippen molar-refractivity contribution in [3.05, 3.63) is 16.3 Å². The van der Waals surface area contributed by atoms with E-state index < -0.39 is 0 Å². The van der Waals surface area contributed by atoms with Crippen LogP contribution in [0.15, 0.2) is 0 Å². The fourth-order valence-corrected chi connectivity index (χ4v) is 5.57. The first kappa shape index (κ1) is 19.6. The Balaban J connectivity index is 1.68. The van der Waals surface area contributed by atoms with Crippen LogP contribution in [-0.2, 0) is 24.2 Å². The zero-order valence-electron chi connectivity index (χ0n) is 17.0. The Bertz CT molecular complexity index is 843. The number of carbonyl (C=O) groups excluding carboxylic acids is 1. The van der Waals surface area contributed by atoms with E-state index in [9.17, 15) is 4.79 Å². The molecule has 4 rings (SSSR count). The van der Waals surface area contributed by atoms with E-state index in [4.69, 9.17) is 9.97 Å². The summed E-state index contributed by atoms with van der Waals surface area (Å²) in [5.41, 5.74) is 1.40. The molecule has 3 heterocycles. The zero-order chi connectivity index (χ0) is 19.5. The highest BCUT2D eigenvalue weighted by atomic mass is 32.1. The number of rotatable bonds is 6. The van der Waals surface area contributed by atoms with E-state index >= 15 is 0 Å². The molecule has 0 unspecified atom stereocenters. The number of likely N-dealkylation sites (N-methyl/N-ethyl adjacent to an activating group) is 1. The van der Waals surface area contributed by atoms with Gasteiger partial charge in [-0.25, -0.2) is 9.97 Å². The molecule has 2 N–H and O–H groups in total. The van der Waals surface area contributed by atoms with Crippen LogP contribution in [0.3, 0.4) is 0 Å². The maximum absolute atomic E-state index is 12.3. The number of thiophene rings is 1. The summed E-state index contributed by atoms with van der Waals surface area (Å²) in [5.74, 6) is 1.73. The van der Waals surface area contributed by atoms with E-state index in [0.29, 0.717) is 6.54 Å². The topological polar surface area (TPSA) is 70.2 Å². The van der Waals surface area contributed by atoms with Gasteiger partial charge in [-0.2, -0.15) is 0 Å². The summed E-state index contributed by atoms with van der Waals surface area (Å²) in [6, 6.07) is -0.319. The lowest BCUT2D eigenvalue weighted by Gasteiger charge is -2.25. The van der Waals surface area contributed by atoms with Gasteiger partial charge in [0.25, 0.3) is 0 Å². The molecule has 1 fully saturated rings. The molecule has 7 heteroatoms. The molecule has 152 valence electrons. The molecule has 6 nitrogen and oxygen atoms in total. The van der Waals surface area contributed by atoms with Gasteiger partial charge in [0.2, 0.25) is 5.91 Å². The largest absolute Gasteiger partial charge is 0.358 e. The van der Waals surface area contributed by atoms with Crippen LogP contribution in [0.5, 0.6) is 0 Å². The average molecular weight is 402 g/mol. The predicted octanol–water partition coefficient (Wildman–Crippen LogP) is 3.49. The van der Waals surface area contributed by atoms with E-state index in [2.05, 4.69) is 15.5 Å². The predicted molar refractivity (Wildman–Crippen MR) is 115 cm³/mol. The summed E-state index contributed by atoms with van der Waals surface area (Å²) in [7, 11) is 0. The van der Waals surface area contributed by atoms with Crippen molar-refractivity contribution in [1.82, 2.24) is 20.2 Å². The standard InChI is InChI=1S/C21H31N5OS/c1-3-22-20(27)14(2)23-19-18-15-9-5-6-10-16(15)28-21(18)25-17(24-19)13-26-11-7-4-8-12-26/h14H,3-13H2,1-2H3,(H,22,27)(H,23,24,25)/t14-/m1/s1. The number of amides is 1. The van der Waals surface area contributed by atoms with Crippen LogP contribution >= 0.6 is 11.3 Å². The highest BCUT2D eigenvalue weighted by molar-refractivity contribution is 7.19. The van der Waals surface area contributed by atoms with Crippen molar-refractivity contribution in [2.45, 2.75) is 71.4 Å². The highest BCUT2D eigenvalue weighted by Crippen LogP contribution is 2.39. The number of anilines is 1. The Kier molecular flexibility index (Phi) is 6.11. The van der Waals surface area contributed by atoms with E-state index in [1.807, 2.05) is 25.2 Å². The Morgan fingerprint density at radius 1 is 1.14 bits per heavy atom. The van der Waals surface area contributed by atoms with E-state index in [1.54, 1.807) is 0 Å². The lowest BCUT2D eigenvalue weighted by atomic mass is 9.97. The van der Waals surface area contributed by atoms with Crippen molar-refractivity contribution < 1.29 is 4.79 Å². The van der Waals surface area contributed by atoms with Crippen molar-refractivity contribution in [3.8, 4) is 0 Å². The average Bonchev–Trinajstić information content (AvgIpc) is 3.07. The lowest BCUT2D eigenvalue weighted by Crippen LogP contribution is -2.37. The minimum Gasteiger partial charge on any atom is -0.358 e. The molecule has 0 saturated carbocycles. The van der Waals surface area contributed by atoms with Crippen LogP contribution in [0.1, 0.15) is 62.2 Å². The number of nitrogens with zero attached hydrogens (tertiary/aromatic N) is 3. The van der Waals surface area contributed by atoms with Crippen molar-refractivity contribution in [1.29, 1.82) is 0 Å². The molecule has 1 saturated heterocycles. The molecule has 1 atom stereocenters. The number of hydrogen-bond donors (Lipinski definition) is 2. The third-order valence-corrected chi connectivity index (χ3v) is 6.96. The van der Waals surface area contributed by atoms with Gasteiger partial charge in [-0.3, -0.25) is 9.69 Å². The molecular formula is C21H31N5OS. The van der Waals surface area contributed by atoms with Crippen LogP contribution in [0.25, 0.3) is 10.2 Å². The van der Waals surface area contributed by atoms with Gasteiger partial charge in [0.15, 0.2) is 0 Å². The molecule has 2 aliphatic rings. The fraction of sp³-hybridized carbons (Fsp3) is 0.667. The van der Waals surface area contributed by atoms with Gasteiger partial charge >= 0.3 is 0 Å². The van der Waals surface area contributed by atoms with Gasteiger partial charge in [0, 0.05) is 11.4 Å². The van der Waals surface area contributed by atoms with Crippen LogP contribution in [0.2, 0.25) is 0 Å². The number of likely N-dealkylation sites (tertiary alicyclic amines) is 1. The Labute approximate surface area is 171 Å². The second-order valence-electron chi connectivity index (χ2n) is 7.98. The first-order valence-corrected chi connectivity index (χ1v) is 11.5. The maximum atomic E-state index is 12.3. The molecule has 1 amide bonds. The zero-order valence-corrected chi connectivity index (χ0v) is 17.8. The molecule has 0 radical (unpaired) electrons. The van der Waals surface area contributed by atoms with Crippen LogP contribution < -0.4 is 10.6 Å². The summed E-state index contributed by atoms with van der Waals surface area (Å²) in [6.07, 6.45) is 8.55. The van der Waals surface area contributed by atoms with Crippen molar-refractivity contribution in [2.24, 2.45) is 0 Å². The molecule has 0 bridgehead atoms. The monoisotopic (exact) mass is 401 g/mol. The van der Waals surface area contributed by atoms with Crippen molar-refractivity contribution >= 4 is 33.3 Å². The second kappa shape index (κ2) is 8.74. The first-order chi connectivity index (χ1) is 13.7. The van der Waals surface area contributed by atoms with Gasteiger partial charge in [-0.1, -0.05) is 6.42 Å². The van der Waals surface area contributed by atoms with Gasteiger partial charge in [0.1, 0.15) is 22.5 Å². The third-order valence-electron chi connectivity index (χ3n) is 5.77. The van der Waals surface area contributed by atoms with Gasteiger partial charge in [-0.05, 0) is 71.0 Å². The van der Waals surface area contributed by atoms with Gasteiger partial charge < -0.3 is 10.6 Å². The Morgan fingerprint density at radius 3 is 2.71 bits per heavy atom. The highest BCUT2D eigenvalue weighted by Gasteiger charge is 2.24. The second-order valence-corrected chi connectivity index (χ2v) is 9.06. The summed E-state index contributed by atoms with van der Waals surface area (Å²) in [5, 5.41) is 7.46. The van der Waals surface area contributed by atoms with E-state index in [-0.39, 0.29) is 11.9 Å². The molecule has 1 aliphatic heterocycles. The first-order valence-electron chi connectivity index (χ1n) is 10.7. The van der Waals surface area contributed by atoms with Crippen molar-refractivity contribution in [2.75, 3.05) is 25.0 Å². The van der Waals surface area contributed by atoms with Crippen LogP contribution in [0.4, 0.5) is 5.82 Å². The summed E-state index contributed by atoms with van der Waals surface area (Å²) in [4.78, 5) is 27.2. The number of carbonyl (C=O) groups is 1. The smallest absolute Gasteiger partial charge is 0.242 e. The minimum absolute atomic E-state index is 0.0101. The summed E-state index contributed by atoms with van der Waals surface area (Å²) in [6.45, 7) is 7.53. The normalized spacial score (nSPS) is 18.6. The molecule has 0 aromatic carbocycles. The van der Waals surface area contributed by atoms with Crippen LogP contribution in [0, 0.1) is 0 Å². The number of nitrogens with one attached hydrogen (secondary N) is 2. The summed E-state index contributed by atoms with van der Waals surface area (Å²) < 4.78 is 0. The Morgan fingerprint density at radius 2 is 1.93 bits per heavy atom. The SMILES string of the molecule is CCNC(=O)[C@@H](C)Nc1nc(CN2CCCCC2)nc2sc3c(c12)CCCC3. The third kappa shape index (κ3) is 4.15.